The zero-order valence-electron chi connectivity index (χ0n) is 13.9. The van der Waals surface area contributed by atoms with Crippen LogP contribution in [-0.2, 0) is 0 Å². The molecule has 2 aromatic carbocycles. The number of halogens is 3. The number of hydrogen-bond donors (Lipinski definition) is 1. The summed E-state index contributed by atoms with van der Waals surface area (Å²) in [5.74, 6) is -1.96. The van der Waals surface area contributed by atoms with E-state index in [0.29, 0.717) is 14.9 Å². The standard InChI is InChI=1S/C18H10Cl3NO3S.Li/c19-10-2-3-11(13(20)8-10)17(23)22-14-4-1-9(7-12(14)18(24)25)15-5-6-16(21)26-15;/h1-8H,(H,22,23)(H,24,25);/q;+1/p-1. The summed E-state index contributed by atoms with van der Waals surface area (Å²) >= 11 is 19.1. The minimum Gasteiger partial charge on any atom is -0.545 e. The minimum absolute atomic E-state index is 0. The van der Waals surface area contributed by atoms with Crippen LogP contribution in [0.4, 0.5) is 5.69 Å². The van der Waals surface area contributed by atoms with E-state index in [1.54, 1.807) is 18.2 Å². The van der Waals surface area contributed by atoms with E-state index in [-0.39, 0.29) is 40.7 Å². The monoisotopic (exact) mass is 431 g/mol. The van der Waals surface area contributed by atoms with Crippen LogP contribution in [0, 0.1) is 0 Å². The van der Waals surface area contributed by atoms with Crippen molar-refractivity contribution in [1.82, 2.24) is 0 Å². The molecule has 0 fully saturated rings. The first-order chi connectivity index (χ1) is 12.3. The number of thiophene rings is 1. The molecule has 0 radical (unpaired) electrons. The molecule has 0 aliphatic rings. The van der Waals surface area contributed by atoms with Crippen LogP contribution in [0.15, 0.2) is 48.5 Å². The van der Waals surface area contributed by atoms with E-state index in [1.807, 2.05) is 0 Å². The Labute approximate surface area is 186 Å². The third-order valence-electron chi connectivity index (χ3n) is 3.52. The van der Waals surface area contributed by atoms with Crippen molar-refractivity contribution >= 4 is 63.7 Å². The fourth-order valence-corrected chi connectivity index (χ4v) is 3.84. The van der Waals surface area contributed by atoms with Gasteiger partial charge in [0.05, 0.1) is 26.6 Å². The van der Waals surface area contributed by atoms with Gasteiger partial charge in [-0.25, -0.2) is 0 Å². The molecule has 1 heterocycles. The number of carboxylic acids is 1. The van der Waals surface area contributed by atoms with Gasteiger partial charge in [0.15, 0.2) is 0 Å². The van der Waals surface area contributed by atoms with E-state index in [0.717, 1.165) is 4.88 Å². The van der Waals surface area contributed by atoms with E-state index in [4.69, 9.17) is 34.8 Å². The van der Waals surface area contributed by atoms with E-state index < -0.39 is 11.9 Å². The van der Waals surface area contributed by atoms with Crippen molar-refractivity contribution in [2.24, 2.45) is 0 Å². The Morgan fingerprint density at radius 2 is 1.67 bits per heavy atom. The maximum absolute atomic E-state index is 12.4. The SMILES string of the molecule is O=C(Nc1ccc(-c2ccc(Cl)s2)cc1C(=O)[O-])c1ccc(Cl)cc1Cl.[Li+]. The minimum atomic E-state index is -1.41. The van der Waals surface area contributed by atoms with Crippen LogP contribution in [0.1, 0.15) is 20.7 Å². The van der Waals surface area contributed by atoms with Gasteiger partial charge in [0.25, 0.3) is 5.91 Å². The molecule has 3 aromatic rings. The molecule has 132 valence electrons. The number of amides is 1. The predicted molar refractivity (Wildman–Crippen MR) is 104 cm³/mol. The summed E-state index contributed by atoms with van der Waals surface area (Å²) in [5.41, 5.74) is 0.788. The molecular weight excluding hydrogens is 424 g/mol. The number of anilines is 1. The number of benzene rings is 2. The molecule has 0 bridgehead atoms. The van der Waals surface area contributed by atoms with Gasteiger partial charge in [-0.05, 0) is 48.0 Å². The summed E-state index contributed by atoms with van der Waals surface area (Å²) in [6, 6.07) is 12.5. The van der Waals surface area contributed by atoms with Crippen LogP contribution in [-0.4, -0.2) is 11.9 Å². The third-order valence-corrected chi connectivity index (χ3v) is 5.35. The molecule has 0 atom stereocenters. The van der Waals surface area contributed by atoms with Crippen molar-refractivity contribution < 1.29 is 33.6 Å². The Bertz CT molecular complexity index is 1020. The number of carbonyl (C=O) groups is 2. The van der Waals surface area contributed by atoms with Crippen LogP contribution >= 0.6 is 46.1 Å². The Hall–Kier alpha value is -1.45. The number of nitrogens with one attached hydrogen (secondary N) is 1. The van der Waals surface area contributed by atoms with Gasteiger partial charge in [0.2, 0.25) is 0 Å². The fraction of sp³-hybridized carbons (Fsp3) is 0. The Balaban J connectivity index is 0.00000261. The van der Waals surface area contributed by atoms with Gasteiger partial charge in [-0.2, -0.15) is 0 Å². The van der Waals surface area contributed by atoms with Gasteiger partial charge in [0.1, 0.15) is 0 Å². The summed E-state index contributed by atoms with van der Waals surface area (Å²) in [6.07, 6.45) is 0. The molecule has 4 nitrogen and oxygen atoms in total. The van der Waals surface area contributed by atoms with Crippen LogP contribution in [0.3, 0.4) is 0 Å². The Kier molecular flexibility index (Phi) is 7.41. The largest absolute Gasteiger partial charge is 1.00 e. The van der Waals surface area contributed by atoms with E-state index in [1.165, 1.54) is 41.7 Å². The molecule has 1 N–H and O–H groups in total. The molecule has 9 heteroatoms. The summed E-state index contributed by atoms with van der Waals surface area (Å²) in [5, 5.41) is 14.6. The van der Waals surface area contributed by atoms with Crippen molar-refractivity contribution in [2.75, 3.05) is 5.32 Å². The van der Waals surface area contributed by atoms with E-state index in [2.05, 4.69) is 5.32 Å². The molecule has 27 heavy (non-hydrogen) atoms. The first kappa shape index (κ1) is 21.8. The predicted octanol–water partition coefficient (Wildman–Crippen LogP) is 2.00. The van der Waals surface area contributed by atoms with Crippen LogP contribution < -0.4 is 29.3 Å². The Morgan fingerprint density at radius 3 is 2.26 bits per heavy atom. The van der Waals surface area contributed by atoms with Gasteiger partial charge < -0.3 is 15.2 Å². The quantitative estimate of drug-likeness (QED) is 0.641. The normalized spacial score (nSPS) is 10.2. The summed E-state index contributed by atoms with van der Waals surface area (Å²) in [4.78, 5) is 24.7. The van der Waals surface area contributed by atoms with Crippen molar-refractivity contribution in [3.8, 4) is 10.4 Å². The molecule has 0 aliphatic heterocycles. The number of carbonyl (C=O) groups excluding carboxylic acids is 2. The fourth-order valence-electron chi connectivity index (χ4n) is 2.31. The molecule has 1 amide bonds. The second kappa shape index (κ2) is 9.16. The summed E-state index contributed by atoms with van der Waals surface area (Å²) < 4.78 is 0.588. The molecule has 0 aliphatic carbocycles. The average molecular weight is 433 g/mol. The topological polar surface area (TPSA) is 69.2 Å². The molecule has 1 aromatic heterocycles. The number of rotatable bonds is 4. The molecule has 0 spiro atoms. The zero-order chi connectivity index (χ0) is 18.8. The van der Waals surface area contributed by atoms with E-state index in [9.17, 15) is 14.7 Å². The maximum Gasteiger partial charge on any atom is 1.00 e. The molecular formula is C18H9Cl3LiNO3S. The van der Waals surface area contributed by atoms with Gasteiger partial charge >= 0.3 is 18.9 Å². The van der Waals surface area contributed by atoms with Crippen molar-refractivity contribution in [3.05, 3.63) is 74.0 Å². The van der Waals surface area contributed by atoms with Gasteiger partial charge in [-0.3, -0.25) is 4.79 Å². The van der Waals surface area contributed by atoms with Crippen LogP contribution in [0.25, 0.3) is 10.4 Å². The smallest absolute Gasteiger partial charge is 0.545 e. The second-order valence-electron chi connectivity index (χ2n) is 5.23. The second-order valence-corrected chi connectivity index (χ2v) is 7.79. The first-order valence-corrected chi connectivity index (χ1v) is 9.17. The van der Waals surface area contributed by atoms with Crippen LogP contribution in [0.2, 0.25) is 14.4 Å². The molecule has 0 unspecified atom stereocenters. The van der Waals surface area contributed by atoms with Gasteiger partial charge in [0, 0.05) is 15.5 Å². The Morgan fingerprint density at radius 1 is 0.926 bits per heavy atom. The average Bonchev–Trinajstić information content (AvgIpc) is 3.01. The number of carboxylic acid groups (broad SMARTS) is 1. The van der Waals surface area contributed by atoms with E-state index >= 15 is 0 Å². The van der Waals surface area contributed by atoms with Crippen molar-refractivity contribution in [2.45, 2.75) is 0 Å². The van der Waals surface area contributed by atoms with Gasteiger partial charge in [-0.1, -0.05) is 40.9 Å². The first-order valence-electron chi connectivity index (χ1n) is 7.22. The molecule has 3 rings (SSSR count). The van der Waals surface area contributed by atoms with Gasteiger partial charge in [-0.15, -0.1) is 11.3 Å². The zero-order valence-corrected chi connectivity index (χ0v) is 17.0. The van der Waals surface area contributed by atoms with Crippen molar-refractivity contribution in [1.29, 1.82) is 0 Å². The van der Waals surface area contributed by atoms with Crippen LogP contribution in [0.5, 0.6) is 0 Å². The summed E-state index contributed by atoms with van der Waals surface area (Å²) in [6.45, 7) is 0. The molecule has 0 saturated heterocycles. The number of hydrogen-bond acceptors (Lipinski definition) is 4. The maximum atomic E-state index is 12.4. The third kappa shape index (κ3) is 5.08. The van der Waals surface area contributed by atoms with Crippen molar-refractivity contribution in [3.63, 3.8) is 0 Å². The summed E-state index contributed by atoms with van der Waals surface area (Å²) in [7, 11) is 0. The number of aromatic carboxylic acids is 1. The molecule has 0 saturated carbocycles.